The van der Waals surface area contributed by atoms with Crippen LogP contribution < -0.4 is 4.74 Å². The van der Waals surface area contributed by atoms with Crippen molar-refractivity contribution < 1.29 is 19.4 Å². The van der Waals surface area contributed by atoms with E-state index < -0.39 is 11.6 Å². The van der Waals surface area contributed by atoms with Crippen LogP contribution in [0.25, 0.3) is 10.9 Å². The van der Waals surface area contributed by atoms with Gasteiger partial charge in [-0.1, -0.05) is 12.1 Å². The van der Waals surface area contributed by atoms with Crippen molar-refractivity contribution in [2.75, 3.05) is 13.7 Å². The number of carbonyl (C=O) groups excluding carboxylic acids is 2. The number of hydrogen-bond donors (Lipinski definition) is 2. The molecule has 4 aromatic rings. The molecular formula is C26H25N5O4. The highest BCUT2D eigenvalue weighted by Gasteiger charge is 2.60. The molecule has 9 heteroatoms. The number of aromatic nitrogens is 3. The van der Waals surface area contributed by atoms with Crippen molar-refractivity contribution in [2.24, 2.45) is 0 Å². The number of nitrogens with one attached hydrogen (secondary N) is 1. The van der Waals surface area contributed by atoms with Crippen LogP contribution in [-0.4, -0.2) is 60.6 Å². The molecule has 0 spiro atoms. The van der Waals surface area contributed by atoms with Crippen LogP contribution in [0, 0.1) is 0 Å². The fourth-order valence-corrected chi connectivity index (χ4v) is 5.49. The number of phenols is 1. The van der Waals surface area contributed by atoms with Crippen molar-refractivity contribution in [2.45, 2.75) is 31.5 Å². The molecule has 0 aliphatic carbocycles. The fourth-order valence-electron chi connectivity index (χ4n) is 5.49. The topological polar surface area (TPSA) is 104 Å². The molecule has 0 unspecified atom stereocenters. The average molecular weight is 472 g/mol. The number of fused-ring (bicyclic) bond motifs is 4. The number of ether oxygens (including phenoxy) is 1. The van der Waals surface area contributed by atoms with Crippen LogP contribution in [-0.2, 0) is 17.8 Å². The average Bonchev–Trinajstić information content (AvgIpc) is 3.54. The summed E-state index contributed by atoms with van der Waals surface area (Å²) in [5.41, 5.74) is 2.38. The molecule has 2 aromatic carbocycles. The zero-order valence-electron chi connectivity index (χ0n) is 19.4. The third-order valence-corrected chi connectivity index (χ3v) is 7.20. The number of hydrogen-bond acceptors (Lipinski definition) is 5. The van der Waals surface area contributed by atoms with Gasteiger partial charge in [0, 0.05) is 48.5 Å². The van der Waals surface area contributed by atoms with E-state index in [4.69, 9.17) is 4.74 Å². The van der Waals surface area contributed by atoms with Gasteiger partial charge in [-0.15, -0.1) is 0 Å². The first-order chi connectivity index (χ1) is 16.9. The van der Waals surface area contributed by atoms with Gasteiger partial charge in [-0.25, -0.2) is 9.78 Å². The van der Waals surface area contributed by atoms with E-state index in [-0.39, 0.29) is 24.2 Å². The quantitative estimate of drug-likeness (QED) is 0.434. The standard InChI is InChI=1S/C26H25N5O4/c1-26-14-20-19-13-18(35-2)6-7-21(19)28-22(20)23(16-4-3-5-17(32)12-16)31(26)25(34)30(24(26)33)11-10-29-9-8-27-15-29/h3-9,12-13,15,23,28,32H,10-11,14H2,1-2H3/t23-,26+/m1/s1. The number of methoxy groups -OCH3 is 1. The molecule has 2 atom stereocenters. The normalized spacial score (nSPS) is 21.5. The van der Waals surface area contributed by atoms with Crippen LogP contribution in [0.3, 0.4) is 0 Å². The van der Waals surface area contributed by atoms with Gasteiger partial charge in [0.05, 0.1) is 13.4 Å². The number of nitrogens with zero attached hydrogens (tertiary/aromatic N) is 4. The van der Waals surface area contributed by atoms with Gasteiger partial charge in [0.1, 0.15) is 23.1 Å². The largest absolute Gasteiger partial charge is 0.508 e. The minimum Gasteiger partial charge on any atom is -0.508 e. The molecule has 178 valence electrons. The van der Waals surface area contributed by atoms with Gasteiger partial charge in [0.2, 0.25) is 0 Å². The maximum atomic E-state index is 13.8. The van der Waals surface area contributed by atoms with E-state index in [9.17, 15) is 14.7 Å². The molecular weight excluding hydrogens is 446 g/mol. The number of aromatic hydroxyl groups is 1. The highest BCUT2D eigenvalue weighted by atomic mass is 16.5. The van der Waals surface area contributed by atoms with Gasteiger partial charge >= 0.3 is 6.03 Å². The summed E-state index contributed by atoms with van der Waals surface area (Å²) in [5, 5.41) is 11.2. The van der Waals surface area contributed by atoms with Gasteiger partial charge in [-0.3, -0.25) is 14.6 Å². The van der Waals surface area contributed by atoms with Crippen LogP contribution in [0.4, 0.5) is 4.79 Å². The molecule has 0 bridgehead atoms. The van der Waals surface area contributed by atoms with Gasteiger partial charge in [-0.2, -0.15) is 0 Å². The number of aromatic amines is 1. The van der Waals surface area contributed by atoms with Gasteiger partial charge < -0.3 is 19.4 Å². The van der Waals surface area contributed by atoms with Crippen molar-refractivity contribution in [3.63, 3.8) is 0 Å². The summed E-state index contributed by atoms with van der Waals surface area (Å²) < 4.78 is 7.29. The minimum absolute atomic E-state index is 0.101. The molecule has 6 rings (SSSR count). The summed E-state index contributed by atoms with van der Waals surface area (Å²) in [5.74, 6) is 0.594. The molecule has 1 fully saturated rings. The molecule has 4 heterocycles. The first-order valence-corrected chi connectivity index (χ1v) is 11.5. The van der Waals surface area contributed by atoms with Crippen LogP contribution in [0.1, 0.15) is 29.8 Å². The van der Waals surface area contributed by atoms with E-state index in [1.165, 1.54) is 4.90 Å². The Morgan fingerprint density at radius 1 is 1.20 bits per heavy atom. The first-order valence-electron chi connectivity index (χ1n) is 11.5. The Balaban J connectivity index is 1.50. The first kappa shape index (κ1) is 21.3. The summed E-state index contributed by atoms with van der Waals surface area (Å²) >= 11 is 0. The second-order valence-corrected chi connectivity index (χ2v) is 9.29. The Morgan fingerprint density at radius 3 is 2.80 bits per heavy atom. The Kier molecular flexibility index (Phi) is 4.64. The third-order valence-electron chi connectivity index (χ3n) is 7.20. The Hall–Kier alpha value is -4.27. The monoisotopic (exact) mass is 471 g/mol. The Morgan fingerprint density at radius 2 is 2.06 bits per heavy atom. The molecule has 2 aromatic heterocycles. The van der Waals surface area contributed by atoms with Crippen LogP contribution >= 0.6 is 0 Å². The number of urea groups is 1. The lowest BCUT2D eigenvalue weighted by molar-refractivity contribution is -0.133. The summed E-state index contributed by atoms with van der Waals surface area (Å²) in [7, 11) is 1.62. The zero-order chi connectivity index (χ0) is 24.3. The molecule has 35 heavy (non-hydrogen) atoms. The predicted octanol–water partition coefficient (Wildman–Crippen LogP) is 3.45. The number of H-pyrrole nitrogens is 1. The number of carbonyl (C=O) groups is 2. The van der Waals surface area contributed by atoms with E-state index in [0.29, 0.717) is 13.0 Å². The van der Waals surface area contributed by atoms with Gasteiger partial charge in [0.25, 0.3) is 5.91 Å². The second kappa shape index (κ2) is 7.63. The third kappa shape index (κ3) is 3.11. The molecule has 9 nitrogen and oxygen atoms in total. The maximum Gasteiger partial charge on any atom is 0.328 e. The molecule has 2 aliphatic heterocycles. The lowest BCUT2D eigenvalue weighted by Gasteiger charge is -2.42. The van der Waals surface area contributed by atoms with E-state index in [1.807, 2.05) is 35.8 Å². The number of imidazole rings is 1. The van der Waals surface area contributed by atoms with E-state index in [2.05, 4.69) is 9.97 Å². The van der Waals surface area contributed by atoms with Crippen molar-refractivity contribution in [3.05, 3.63) is 78.0 Å². The van der Waals surface area contributed by atoms with Crippen molar-refractivity contribution in [3.8, 4) is 11.5 Å². The molecule has 2 N–H and O–H groups in total. The van der Waals surface area contributed by atoms with Crippen molar-refractivity contribution in [1.82, 2.24) is 24.3 Å². The van der Waals surface area contributed by atoms with Crippen molar-refractivity contribution >= 4 is 22.8 Å². The van der Waals surface area contributed by atoms with Gasteiger partial charge in [-0.05, 0) is 48.4 Å². The zero-order valence-corrected chi connectivity index (χ0v) is 19.4. The molecule has 3 amide bonds. The summed E-state index contributed by atoms with van der Waals surface area (Å²) in [4.78, 5) is 38.2. The predicted molar refractivity (Wildman–Crippen MR) is 128 cm³/mol. The van der Waals surface area contributed by atoms with E-state index in [0.717, 1.165) is 33.5 Å². The molecule has 1 saturated heterocycles. The Bertz CT molecular complexity index is 1460. The number of rotatable bonds is 5. The second-order valence-electron chi connectivity index (χ2n) is 9.29. The number of amides is 3. The summed E-state index contributed by atoms with van der Waals surface area (Å²) in [6.07, 6.45) is 5.51. The van der Waals surface area contributed by atoms with Crippen molar-refractivity contribution in [1.29, 1.82) is 0 Å². The summed E-state index contributed by atoms with van der Waals surface area (Å²) in [6.45, 7) is 2.54. The number of benzene rings is 2. The SMILES string of the molecule is COc1ccc2[nH]c3c(c2c1)C[C@@]1(C)C(=O)N(CCn2ccnc2)C(=O)N1[C@@H]3c1cccc(O)c1. The Labute approximate surface area is 201 Å². The maximum absolute atomic E-state index is 13.8. The molecule has 0 radical (unpaired) electrons. The van der Waals surface area contributed by atoms with Crippen LogP contribution in [0.5, 0.6) is 11.5 Å². The van der Waals surface area contributed by atoms with Crippen LogP contribution in [0.2, 0.25) is 0 Å². The number of phenolic OH excluding ortho intramolecular Hbond substituents is 1. The highest BCUT2D eigenvalue weighted by molar-refractivity contribution is 6.08. The lowest BCUT2D eigenvalue weighted by Crippen LogP contribution is -2.53. The minimum atomic E-state index is -1.08. The lowest BCUT2D eigenvalue weighted by atomic mass is 9.81. The molecule has 2 aliphatic rings. The smallest absolute Gasteiger partial charge is 0.328 e. The molecule has 0 saturated carbocycles. The fraction of sp³-hybridized carbons (Fsp3) is 0.269. The van der Waals surface area contributed by atoms with E-state index >= 15 is 0 Å². The van der Waals surface area contributed by atoms with E-state index in [1.54, 1.807) is 48.9 Å². The summed E-state index contributed by atoms with van der Waals surface area (Å²) in [6, 6.07) is 11.7. The number of imide groups is 1. The van der Waals surface area contributed by atoms with Gasteiger partial charge in [0.15, 0.2) is 0 Å². The highest BCUT2D eigenvalue weighted by Crippen LogP contribution is 2.49. The van der Waals surface area contributed by atoms with Crippen LogP contribution in [0.15, 0.2) is 61.2 Å².